The summed E-state index contributed by atoms with van der Waals surface area (Å²) in [7, 11) is 0. The fourth-order valence-electron chi connectivity index (χ4n) is 2.24. The largest absolute Gasteiger partial charge is 0.480 e. The molecule has 0 aliphatic rings. The number of rotatable bonds is 5. The van der Waals surface area contributed by atoms with E-state index in [0.29, 0.717) is 16.3 Å². The zero-order valence-corrected chi connectivity index (χ0v) is 13.8. The zero-order valence-electron chi connectivity index (χ0n) is 13.1. The number of aliphatic carboxylic acids is 1. The third kappa shape index (κ3) is 3.71. The van der Waals surface area contributed by atoms with Crippen LogP contribution in [0, 0.1) is 0 Å². The van der Waals surface area contributed by atoms with E-state index in [4.69, 9.17) is 16.7 Å². The first-order valence-corrected chi connectivity index (χ1v) is 7.56. The summed E-state index contributed by atoms with van der Waals surface area (Å²) in [6.07, 6.45) is 1.44. The molecule has 0 saturated heterocycles. The molecule has 0 aliphatic heterocycles. The smallest absolute Gasteiger partial charge is 0.325 e. The molecule has 0 radical (unpaired) electrons. The SMILES string of the molecule is CC(C)c1c(C(=O)N[C@@H](C)C(=O)O)cnn1-c1cccc(Cl)c1. The van der Waals surface area contributed by atoms with Crippen LogP contribution in [0.3, 0.4) is 0 Å². The topological polar surface area (TPSA) is 84.2 Å². The van der Waals surface area contributed by atoms with Gasteiger partial charge in [0.05, 0.1) is 23.1 Å². The summed E-state index contributed by atoms with van der Waals surface area (Å²) < 4.78 is 1.65. The Hall–Kier alpha value is -2.34. The number of hydrogen-bond acceptors (Lipinski definition) is 3. The van der Waals surface area contributed by atoms with Gasteiger partial charge >= 0.3 is 5.97 Å². The van der Waals surface area contributed by atoms with Crippen LogP contribution in [0.1, 0.15) is 42.7 Å². The summed E-state index contributed by atoms with van der Waals surface area (Å²) in [5.74, 6) is -1.54. The van der Waals surface area contributed by atoms with Crippen LogP contribution in [0.15, 0.2) is 30.5 Å². The molecule has 1 atom stereocenters. The van der Waals surface area contributed by atoms with Crippen LogP contribution in [0.2, 0.25) is 5.02 Å². The lowest BCUT2D eigenvalue weighted by Crippen LogP contribution is -2.38. The van der Waals surface area contributed by atoms with Crippen LogP contribution in [-0.4, -0.2) is 32.8 Å². The second-order valence-corrected chi connectivity index (χ2v) is 5.96. The van der Waals surface area contributed by atoms with Crippen molar-refractivity contribution in [1.29, 1.82) is 0 Å². The van der Waals surface area contributed by atoms with Gasteiger partial charge in [-0.05, 0) is 31.0 Å². The van der Waals surface area contributed by atoms with E-state index in [0.717, 1.165) is 5.69 Å². The number of carbonyl (C=O) groups is 2. The highest BCUT2D eigenvalue weighted by Gasteiger charge is 2.23. The Kier molecular flexibility index (Phi) is 5.05. The van der Waals surface area contributed by atoms with Gasteiger partial charge in [-0.2, -0.15) is 5.10 Å². The molecule has 7 heteroatoms. The van der Waals surface area contributed by atoms with Gasteiger partial charge in [0.1, 0.15) is 6.04 Å². The van der Waals surface area contributed by atoms with E-state index in [1.807, 2.05) is 19.9 Å². The number of nitrogens with one attached hydrogen (secondary N) is 1. The molecule has 0 aliphatic carbocycles. The summed E-state index contributed by atoms with van der Waals surface area (Å²) in [5, 5.41) is 16.2. The van der Waals surface area contributed by atoms with Crippen LogP contribution >= 0.6 is 11.6 Å². The monoisotopic (exact) mass is 335 g/mol. The molecule has 1 aromatic carbocycles. The summed E-state index contributed by atoms with van der Waals surface area (Å²) in [4.78, 5) is 23.2. The molecule has 1 aromatic heterocycles. The minimum Gasteiger partial charge on any atom is -0.480 e. The number of carbonyl (C=O) groups excluding carboxylic acids is 1. The van der Waals surface area contributed by atoms with Crippen LogP contribution in [0.5, 0.6) is 0 Å². The number of nitrogens with zero attached hydrogens (tertiary/aromatic N) is 2. The van der Waals surface area contributed by atoms with Crippen molar-refractivity contribution in [2.75, 3.05) is 0 Å². The lowest BCUT2D eigenvalue weighted by Gasteiger charge is -2.14. The molecule has 0 spiro atoms. The molecule has 122 valence electrons. The molecule has 1 heterocycles. The Morgan fingerprint density at radius 1 is 1.30 bits per heavy atom. The van der Waals surface area contributed by atoms with E-state index in [9.17, 15) is 9.59 Å². The molecule has 0 bridgehead atoms. The first-order valence-electron chi connectivity index (χ1n) is 7.18. The van der Waals surface area contributed by atoms with Crippen molar-refractivity contribution >= 4 is 23.5 Å². The van der Waals surface area contributed by atoms with E-state index >= 15 is 0 Å². The molecule has 1 amide bonds. The predicted octanol–water partition coefficient (Wildman–Crippen LogP) is 2.85. The van der Waals surface area contributed by atoms with Gasteiger partial charge < -0.3 is 10.4 Å². The van der Waals surface area contributed by atoms with Crippen molar-refractivity contribution in [1.82, 2.24) is 15.1 Å². The maximum absolute atomic E-state index is 12.3. The molecule has 2 N–H and O–H groups in total. The van der Waals surface area contributed by atoms with E-state index in [1.165, 1.54) is 13.1 Å². The predicted molar refractivity (Wildman–Crippen MR) is 87.2 cm³/mol. The molecule has 6 nitrogen and oxygen atoms in total. The van der Waals surface area contributed by atoms with Crippen LogP contribution in [0.25, 0.3) is 5.69 Å². The third-order valence-corrected chi connectivity index (χ3v) is 3.60. The standard InChI is InChI=1S/C16H18ClN3O3/c1-9(2)14-13(15(21)19-10(3)16(22)23)8-18-20(14)12-6-4-5-11(17)7-12/h4-10H,1-3H3,(H,19,21)(H,22,23)/t10-/m0/s1. The molecular formula is C16H18ClN3O3. The summed E-state index contributed by atoms with van der Waals surface area (Å²) in [6.45, 7) is 5.29. The number of hydrogen-bond donors (Lipinski definition) is 2. The lowest BCUT2D eigenvalue weighted by molar-refractivity contribution is -0.138. The molecule has 23 heavy (non-hydrogen) atoms. The number of carboxylic acid groups (broad SMARTS) is 1. The summed E-state index contributed by atoms with van der Waals surface area (Å²) in [5.41, 5.74) is 1.79. The van der Waals surface area contributed by atoms with E-state index in [2.05, 4.69) is 10.4 Å². The van der Waals surface area contributed by atoms with Crippen molar-refractivity contribution in [2.45, 2.75) is 32.7 Å². The number of halogens is 1. The van der Waals surface area contributed by atoms with Gasteiger partial charge in [-0.25, -0.2) is 4.68 Å². The second-order valence-electron chi connectivity index (χ2n) is 5.52. The minimum absolute atomic E-state index is 0.0114. The van der Waals surface area contributed by atoms with Gasteiger partial charge in [-0.15, -0.1) is 0 Å². The fourth-order valence-corrected chi connectivity index (χ4v) is 2.42. The third-order valence-electron chi connectivity index (χ3n) is 3.37. The van der Waals surface area contributed by atoms with Gasteiger partial charge in [0.15, 0.2) is 0 Å². The Morgan fingerprint density at radius 3 is 2.57 bits per heavy atom. The van der Waals surface area contributed by atoms with Crippen molar-refractivity contribution in [3.05, 3.63) is 46.7 Å². The normalized spacial score (nSPS) is 12.2. The van der Waals surface area contributed by atoms with Crippen molar-refractivity contribution in [2.24, 2.45) is 0 Å². The summed E-state index contributed by atoms with van der Waals surface area (Å²) in [6, 6.07) is 6.17. The van der Waals surface area contributed by atoms with Gasteiger partial charge in [0.2, 0.25) is 0 Å². The molecule has 0 saturated carbocycles. The first-order chi connectivity index (χ1) is 10.8. The average Bonchev–Trinajstić information content (AvgIpc) is 2.92. The highest BCUT2D eigenvalue weighted by Crippen LogP contribution is 2.24. The van der Waals surface area contributed by atoms with Gasteiger partial charge in [-0.3, -0.25) is 9.59 Å². The van der Waals surface area contributed by atoms with Gasteiger partial charge in [-0.1, -0.05) is 31.5 Å². The van der Waals surface area contributed by atoms with Crippen LogP contribution in [-0.2, 0) is 4.79 Å². The lowest BCUT2D eigenvalue weighted by atomic mass is 10.0. The Balaban J connectivity index is 2.43. The van der Waals surface area contributed by atoms with E-state index in [1.54, 1.807) is 22.9 Å². The van der Waals surface area contributed by atoms with E-state index < -0.39 is 17.9 Å². The van der Waals surface area contributed by atoms with Crippen molar-refractivity contribution < 1.29 is 14.7 Å². The average molecular weight is 336 g/mol. The molecule has 2 aromatic rings. The molecule has 0 fully saturated rings. The zero-order chi connectivity index (χ0) is 17.1. The quantitative estimate of drug-likeness (QED) is 0.880. The number of amides is 1. The minimum atomic E-state index is -1.09. The Morgan fingerprint density at radius 2 is 2.00 bits per heavy atom. The first kappa shape index (κ1) is 17.0. The van der Waals surface area contributed by atoms with Crippen LogP contribution < -0.4 is 5.32 Å². The Labute approximate surface area is 139 Å². The fraction of sp³-hybridized carbons (Fsp3) is 0.312. The van der Waals surface area contributed by atoms with Gasteiger partial charge in [0, 0.05) is 5.02 Å². The second kappa shape index (κ2) is 6.83. The molecular weight excluding hydrogens is 318 g/mol. The summed E-state index contributed by atoms with van der Waals surface area (Å²) >= 11 is 6.01. The highest BCUT2D eigenvalue weighted by molar-refractivity contribution is 6.30. The molecule has 2 rings (SSSR count). The maximum atomic E-state index is 12.3. The number of carboxylic acids is 1. The van der Waals surface area contributed by atoms with E-state index in [-0.39, 0.29) is 5.92 Å². The highest BCUT2D eigenvalue weighted by atomic mass is 35.5. The van der Waals surface area contributed by atoms with Gasteiger partial charge in [0.25, 0.3) is 5.91 Å². The number of benzene rings is 1. The number of aromatic nitrogens is 2. The van der Waals surface area contributed by atoms with Crippen LogP contribution in [0.4, 0.5) is 0 Å². The molecule has 0 unspecified atom stereocenters. The van der Waals surface area contributed by atoms with Crippen molar-refractivity contribution in [3.63, 3.8) is 0 Å². The maximum Gasteiger partial charge on any atom is 0.325 e. The Bertz CT molecular complexity index is 740. The van der Waals surface area contributed by atoms with Crippen molar-refractivity contribution in [3.8, 4) is 5.69 Å².